The van der Waals surface area contributed by atoms with E-state index in [9.17, 15) is 9.59 Å². The maximum Gasteiger partial charge on any atom is 0.273 e. The van der Waals surface area contributed by atoms with Crippen molar-refractivity contribution in [2.24, 2.45) is 5.73 Å². The van der Waals surface area contributed by atoms with E-state index in [0.29, 0.717) is 6.54 Å². The number of primary amides is 1. The number of rotatable bonds is 7. The van der Waals surface area contributed by atoms with Crippen molar-refractivity contribution in [3.63, 3.8) is 0 Å². The van der Waals surface area contributed by atoms with E-state index in [4.69, 9.17) is 5.73 Å². The Kier molecular flexibility index (Phi) is 7.02. The summed E-state index contributed by atoms with van der Waals surface area (Å²) < 4.78 is 0. The highest BCUT2D eigenvalue weighted by atomic mass is 16.2. The minimum Gasteiger partial charge on any atom is -0.364 e. The van der Waals surface area contributed by atoms with Crippen LogP contribution in [0.4, 0.5) is 17.5 Å². The number of piperidine rings is 1. The first kappa shape index (κ1) is 24.6. The number of hydrogen-bond acceptors (Lipinski definition) is 8. The van der Waals surface area contributed by atoms with Gasteiger partial charge in [0.2, 0.25) is 11.9 Å². The maximum atomic E-state index is 12.0. The molecule has 0 saturated carbocycles. The number of carbonyl (C=O) groups is 2. The Balaban J connectivity index is 1.50. The molecule has 4 rings (SSSR count). The summed E-state index contributed by atoms with van der Waals surface area (Å²) in [6.07, 6.45) is 4.28. The standard InChI is InChI=1S/C25H34N8O2/c1-5-20(34)33-13-10-19(16(33)2)28-24-29-23(21(22(26)35)30-31-24)27-18-8-6-17(7-9-18)25(3)11-14-32(4)15-12-25/h5-9,16,19H,1,10-15H2,2-4H3,(H2,26,35)(H2,27,28,29,31)/t16-,19-/m1/s1. The summed E-state index contributed by atoms with van der Waals surface area (Å²) in [5.74, 6) is -0.327. The second kappa shape index (κ2) is 9.99. The van der Waals surface area contributed by atoms with Gasteiger partial charge in [-0.2, -0.15) is 4.98 Å². The zero-order valence-corrected chi connectivity index (χ0v) is 20.6. The predicted octanol–water partition coefficient (Wildman–Crippen LogP) is 2.28. The minimum atomic E-state index is -0.716. The van der Waals surface area contributed by atoms with E-state index in [-0.39, 0.29) is 40.9 Å². The van der Waals surface area contributed by atoms with Gasteiger partial charge in [-0.05, 0) is 75.5 Å². The molecule has 0 radical (unpaired) electrons. The first-order valence-corrected chi connectivity index (χ1v) is 12.0. The van der Waals surface area contributed by atoms with Gasteiger partial charge >= 0.3 is 0 Å². The fourth-order valence-corrected chi connectivity index (χ4v) is 4.86. The van der Waals surface area contributed by atoms with E-state index in [0.717, 1.165) is 38.0 Å². The molecule has 2 aliphatic rings. The second-order valence-corrected chi connectivity index (χ2v) is 9.78. The fraction of sp³-hybridized carbons (Fsp3) is 0.480. The van der Waals surface area contributed by atoms with Crippen molar-refractivity contribution in [1.82, 2.24) is 25.0 Å². The molecule has 0 spiro atoms. The molecule has 2 aliphatic heterocycles. The minimum absolute atomic E-state index is 0.0372. The van der Waals surface area contributed by atoms with Crippen molar-refractivity contribution in [1.29, 1.82) is 0 Å². The van der Waals surface area contributed by atoms with Crippen LogP contribution < -0.4 is 16.4 Å². The van der Waals surface area contributed by atoms with Crippen LogP contribution in [0, 0.1) is 0 Å². The molecular formula is C25H34N8O2. The first-order chi connectivity index (χ1) is 16.7. The van der Waals surface area contributed by atoms with Crippen LogP contribution in [0.15, 0.2) is 36.9 Å². The highest BCUT2D eigenvalue weighted by molar-refractivity contribution is 5.96. The number of benzene rings is 1. The number of carbonyl (C=O) groups excluding carboxylic acids is 2. The second-order valence-electron chi connectivity index (χ2n) is 9.78. The van der Waals surface area contributed by atoms with Gasteiger partial charge in [0.25, 0.3) is 5.91 Å². The van der Waals surface area contributed by atoms with Crippen LogP contribution in [0.3, 0.4) is 0 Å². The molecule has 10 nitrogen and oxygen atoms in total. The zero-order chi connectivity index (χ0) is 25.2. The van der Waals surface area contributed by atoms with E-state index in [1.54, 1.807) is 4.90 Å². The third-order valence-electron chi connectivity index (χ3n) is 7.38. The van der Waals surface area contributed by atoms with Crippen LogP contribution in [0.1, 0.15) is 49.2 Å². The van der Waals surface area contributed by atoms with Gasteiger partial charge in [-0.15, -0.1) is 10.2 Å². The lowest BCUT2D eigenvalue weighted by Crippen LogP contribution is -2.39. The molecular weight excluding hydrogens is 444 g/mol. The number of nitrogens with two attached hydrogens (primary N) is 1. The van der Waals surface area contributed by atoms with Crippen LogP contribution in [-0.2, 0) is 10.2 Å². The molecule has 2 amide bonds. The molecule has 1 aromatic carbocycles. The Bertz CT molecular complexity index is 1100. The quantitative estimate of drug-likeness (QED) is 0.517. The molecule has 35 heavy (non-hydrogen) atoms. The molecule has 2 aromatic rings. The van der Waals surface area contributed by atoms with Gasteiger partial charge in [-0.1, -0.05) is 25.6 Å². The van der Waals surface area contributed by atoms with Gasteiger partial charge in [0.05, 0.1) is 6.04 Å². The average Bonchev–Trinajstić information content (AvgIpc) is 3.21. The monoisotopic (exact) mass is 478 g/mol. The number of amides is 2. The van der Waals surface area contributed by atoms with Crippen molar-refractivity contribution in [2.75, 3.05) is 37.3 Å². The van der Waals surface area contributed by atoms with E-state index in [1.807, 2.05) is 19.1 Å². The summed E-state index contributed by atoms with van der Waals surface area (Å²) >= 11 is 0. The van der Waals surface area contributed by atoms with Crippen LogP contribution in [0.25, 0.3) is 0 Å². The first-order valence-electron chi connectivity index (χ1n) is 12.0. The molecule has 2 atom stereocenters. The van der Waals surface area contributed by atoms with Crippen molar-refractivity contribution >= 4 is 29.3 Å². The Hall–Kier alpha value is -3.53. The molecule has 1 aromatic heterocycles. The van der Waals surface area contributed by atoms with Crippen LogP contribution in [0.2, 0.25) is 0 Å². The van der Waals surface area contributed by atoms with Gasteiger partial charge in [0.15, 0.2) is 11.5 Å². The van der Waals surface area contributed by atoms with E-state index in [2.05, 4.69) is 63.4 Å². The summed E-state index contributed by atoms with van der Waals surface area (Å²) in [5, 5.41) is 14.5. The Morgan fingerprint density at radius 1 is 1.17 bits per heavy atom. The topological polar surface area (TPSA) is 129 Å². The average molecular weight is 479 g/mol. The Morgan fingerprint density at radius 3 is 2.49 bits per heavy atom. The fourth-order valence-electron chi connectivity index (χ4n) is 4.86. The summed E-state index contributed by atoms with van der Waals surface area (Å²) in [6.45, 7) is 10.6. The van der Waals surface area contributed by atoms with Crippen molar-refractivity contribution < 1.29 is 9.59 Å². The lowest BCUT2D eigenvalue weighted by molar-refractivity contribution is -0.126. The van der Waals surface area contributed by atoms with Crippen molar-refractivity contribution in [3.8, 4) is 0 Å². The molecule has 0 unspecified atom stereocenters. The molecule has 2 fully saturated rings. The largest absolute Gasteiger partial charge is 0.364 e. The molecule has 3 heterocycles. The molecule has 0 bridgehead atoms. The molecule has 4 N–H and O–H groups in total. The van der Waals surface area contributed by atoms with Crippen molar-refractivity contribution in [3.05, 3.63) is 48.2 Å². The van der Waals surface area contributed by atoms with Gasteiger partial charge < -0.3 is 26.2 Å². The van der Waals surface area contributed by atoms with E-state index < -0.39 is 5.91 Å². The number of nitrogens with zero attached hydrogens (tertiary/aromatic N) is 5. The highest BCUT2D eigenvalue weighted by Crippen LogP contribution is 2.35. The van der Waals surface area contributed by atoms with Gasteiger partial charge in [0.1, 0.15) is 0 Å². The van der Waals surface area contributed by atoms with Gasteiger partial charge in [0, 0.05) is 18.3 Å². The molecule has 186 valence electrons. The Labute approximate surface area is 206 Å². The molecule has 10 heteroatoms. The van der Waals surface area contributed by atoms with Crippen LogP contribution in [0.5, 0.6) is 0 Å². The molecule has 0 aliphatic carbocycles. The van der Waals surface area contributed by atoms with E-state index in [1.165, 1.54) is 11.6 Å². The van der Waals surface area contributed by atoms with Crippen molar-refractivity contribution in [2.45, 2.75) is 50.6 Å². The smallest absolute Gasteiger partial charge is 0.273 e. The normalized spacial score (nSPS) is 22.0. The van der Waals surface area contributed by atoms with Gasteiger partial charge in [-0.3, -0.25) is 9.59 Å². The van der Waals surface area contributed by atoms with Gasteiger partial charge in [-0.25, -0.2) is 0 Å². The zero-order valence-electron chi connectivity index (χ0n) is 20.6. The number of aromatic nitrogens is 3. The van der Waals surface area contributed by atoms with Crippen LogP contribution >= 0.6 is 0 Å². The summed E-state index contributed by atoms with van der Waals surface area (Å²) in [6, 6.07) is 8.09. The number of nitrogens with one attached hydrogen (secondary N) is 2. The number of likely N-dealkylation sites (tertiary alicyclic amines) is 2. The SMILES string of the molecule is C=CC(=O)N1CC[C@@H](Nc2nnc(C(N)=O)c(Nc3ccc(C4(C)CCN(C)CC4)cc3)n2)[C@H]1C. The van der Waals surface area contributed by atoms with E-state index >= 15 is 0 Å². The number of anilines is 3. The Morgan fingerprint density at radius 2 is 1.86 bits per heavy atom. The molecule has 2 saturated heterocycles. The number of hydrogen-bond donors (Lipinski definition) is 3. The van der Waals surface area contributed by atoms with Crippen LogP contribution in [-0.4, -0.2) is 75.6 Å². The maximum absolute atomic E-state index is 12.0. The highest BCUT2D eigenvalue weighted by Gasteiger charge is 2.33. The lowest BCUT2D eigenvalue weighted by atomic mass is 9.74. The lowest BCUT2D eigenvalue weighted by Gasteiger charge is -2.38. The third kappa shape index (κ3) is 5.27. The third-order valence-corrected chi connectivity index (χ3v) is 7.38. The summed E-state index contributed by atoms with van der Waals surface area (Å²) in [7, 11) is 2.16. The summed E-state index contributed by atoms with van der Waals surface area (Å²) in [4.78, 5) is 32.6. The summed E-state index contributed by atoms with van der Waals surface area (Å²) in [5.41, 5.74) is 7.70. The predicted molar refractivity (Wildman–Crippen MR) is 136 cm³/mol.